The first-order valence-corrected chi connectivity index (χ1v) is 8.91. The zero-order chi connectivity index (χ0) is 16.8. The molecular formula is C20H22ClNO2. The zero-order valence-corrected chi connectivity index (χ0v) is 14.4. The number of ether oxygens (including phenoxy) is 1. The van der Waals surface area contributed by atoms with Gasteiger partial charge in [-0.15, -0.1) is 0 Å². The molecular weight excluding hydrogens is 322 g/mol. The molecule has 1 N–H and O–H groups in total. The van der Waals surface area contributed by atoms with E-state index in [1.165, 1.54) is 19.3 Å². The van der Waals surface area contributed by atoms with Crippen LogP contribution >= 0.6 is 11.6 Å². The van der Waals surface area contributed by atoms with E-state index >= 15 is 0 Å². The second-order valence-electron chi connectivity index (χ2n) is 6.31. The van der Waals surface area contributed by atoms with Crippen molar-refractivity contribution in [2.75, 3.05) is 5.32 Å². The second kappa shape index (κ2) is 8.20. The van der Waals surface area contributed by atoms with Gasteiger partial charge >= 0.3 is 0 Å². The number of nitrogens with one attached hydrogen (secondary N) is 1. The molecule has 0 unspecified atom stereocenters. The van der Waals surface area contributed by atoms with E-state index in [-0.39, 0.29) is 5.91 Å². The third kappa shape index (κ3) is 4.75. The van der Waals surface area contributed by atoms with Crippen LogP contribution in [-0.2, 0) is 4.79 Å². The lowest BCUT2D eigenvalue weighted by Gasteiger charge is -2.21. The quantitative estimate of drug-likeness (QED) is 0.718. The van der Waals surface area contributed by atoms with Crippen LogP contribution in [0.4, 0.5) is 5.69 Å². The second-order valence-corrected chi connectivity index (χ2v) is 6.75. The number of rotatable bonds is 5. The molecule has 3 rings (SSSR count). The molecule has 2 aromatic carbocycles. The summed E-state index contributed by atoms with van der Waals surface area (Å²) in [7, 11) is 0. The Morgan fingerprint density at radius 2 is 1.83 bits per heavy atom. The minimum Gasteiger partial charge on any atom is -0.455 e. The number of carbonyl (C=O) groups is 1. The maximum absolute atomic E-state index is 12.4. The van der Waals surface area contributed by atoms with Gasteiger partial charge in [0.25, 0.3) is 0 Å². The Morgan fingerprint density at radius 3 is 2.58 bits per heavy atom. The average molecular weight is 344 g/mol. The molecule has 1 amide bonds. The van der Waals surface area contributed by atoms with Gasteiger partial charge in [0.2, 0.25) is 5.91 Å². The van der Waals surface area contributed by atoms with Gasteiger partial charge in [-0.2, -0.15) is 0 Å². The van der Waals surface area contributed by atoms with E-state index in [2.05, 4.69) is 5.32 Å². The Kier molecular flexibility index (Phi) is 5.76. The number of amides is 1. The third-order valence-corrected chi connectivity index (χ3v) is 4.62. The molecule has 1 aliphatic carbocycles. The van der Waals surface area contributed by atoms with Crippen LogP contribution in [0.3, 0.4) is 0 Å². The number of hydrogen-bond donors (Lipinski definition) is 1. The first kappa shape index (κ1) is 16.8. The lowest BCUT2D eigenvalue weighted by atomic mass is 9.87. The molecule has 3 nitrogen and oxygen atoms in total. The summed E-state index contributed by atoms with van der Waals surface area (Å²) in [6.45, 7) is 0. The number of carbonyl (C=O) groups excluding carboxylic acids is 1. The normalized spacial score (nSPS) is 15.0. The van der Waals surface area contributed by atoms with Gasteiger partial charge in [-0.3, -0.25) is 4.79 Å². The number of para-hydroxylation sites is 1. The van der Waals surface area contributed by atoms with Crippen molar-refractivity contribution in [3.63, 3.8) is 0 Å². The molecule has 0 heterocycles. The summed E-state index contributed by atoms with van der Waals surface area (Å²) in [5.41, 5.74) is 0.618. The van der Waals surface area contributed by atoms with Crippen LogP contribution in [0.5, 0.6) is 11.5 Å². The number of halogens is 1. The minimum absolute atomic E-state index is 0.0297. The maximum atomic E-state index is 12.4. The van der Waals surface area contributed by atoms with Crippen molar-refractivity contribution < 1.29 is 9.53 Å². The van der Waals surface area contributed by atoms with E-state index in [0.29, 0.717) is 28.8 Å². The Morgan fingerprint density at radius 1 is 1.08 bits per heavy atom. The number of anilines is 1. The standard InChI is InChI=1S/C20H22ClNO2/c21-16-11-12-19(24-17-9-5-2-6-10-17)18(14-16)22-20(23)13-15-7-3-1-4-8-15/h2,5-6,9-12,14-15H,1,3-4,7-8,13H2,(H,22,23). The summed E-state index contributed by atoms with van der Waals surface area (Å²) in [4.78, 5) is 12.4. The van der Waals surface area contributed by atoms with Crippen molar-refractivity contribution in [3.8, 4) is 11.5 Å². The van der Waals surface area contributed by atoms with E-state index in [1.54, 1.807) is 18.2 Å². The molecule has 0 aromatic heterocycles. The number of benzene rings is 2. The highest BCUT2D eigenvalue weighted by atomic mass is 35.5. The Hall–Kier alpha value is -2.00. The van der Waals surface area contributed by atoms with E-state index in [9.17, 15) is 4.79 Å². The molecule has 24 heavy (non-hydrogen) atoms. The predicted octanol–water partition coefficient (Wildman–Crippen LogP) is 6.04. The smallest absolute Gasteiger partial charge is 0.224 e. The molecule has 0 saturated heterocycles. The van der Waals surface area contributed by atoms with Gasteiger partial charge in [0.05, 0.1) is 5.69 Å². The summed E-state index contributed by atoms with van der Waals surface area (Å²) in [5, 5.41) is 3.54. The topological polar surface area (TPSA) is 38.3 Å². The fraction of sp³-hybridized carbons (Fsp3) is 0.350. The number of hydrogen-bond acceptors (Lipinski definition) is 2. The van der Waals surface area contributed by atoms with E-state index in [0.717, 1.165) is 18.6 Å². The van der Waals surface area contributed by atoms with Crippen molar-refractivity contribution in [2.45, 2.75) is 38.5 Å². The van der Waals surface area contributed by atoms with Gasteiger partial charge in [-0.25, -0.2) is 0 Å². The lowest BCUT2D eigenvalue weighted by molar-refractivity contribution is -0.117. The van der Waals surface area contributed by atoms with Gasteiger partial charge in [-0.05, 0) is 49.1 Å². The van der Waals surface area contributed by atoms with Crippen LogP contribution in [0.15, 0.2) is 48.5 Å². The largest absolute Gasteiger partial charge is 0.455 e. The molecule has 0 bridgehead atoms. The summed E-state index contributed by atoms with van der Waals surface area (Å²) in [5.74, 6) is 1.85. The van der Waals surface area contributed by atoms with Gasteiger partial charge in [0.15, 0.2) is 5.75 Å². The van der Waals surface area contributed by atoms with Crippen LogP contribution in [0, 0.1) is 5.92 Å². The van der Waals surface area contributed by atoms with E-state index in [1.807, 2.05) is 30.3 Å². The van der Waals surface area contributed by atoms with Crippen LogP contribution in [0.1, 0.15) is 38.5 Å². The predicted molar refractivity (Wildman–Crippen MR) is 97.8 cm³/mol. The molecule has 2 aromatic rings. The highest BCUT2D eigenvalue weighted by Gasteiger charge is 2.18. The lowest BCUT2D eigenvalue weighted by Crippen LogP contribution is -2.18. The maximum Gasteiger partial charge on any atom is 0.224 e. The van der Waals surface area contributed by atoms with Crippen LogP contribution in [0.25, 0.3) is 0 Å². The first-order chi connectivity index (χ1) is 11.7. The van der Waals surface area contributed by atoms with Gasteiger partial charge in [0, 0.05) is 11.4 Å². The average Bonchev–Trinajstić information content (AvgIpc) is 2.59. The minimum atomic E-state index is 0.0297. The van der Waals surface area contributed by atoms with Crippen LogP contribution < -0.4 is 10.1 Å². The molecule has 0 spiro atoms. The molecule has 4 heteroatoms. The Labute approximate surface area is 148 Å². The van der Waals surface area contributed by atoms with Crippen LogP contribution in [-0.4, -0.2) is 5.91 Å². The fourth-order valence-electron chi connectivity index (χ4n) is 3.16. The van der Waals surface area contributed by atoms with Crippen LogP contribution in [0.2, 0.25) is 5.02 Å². The fourth-order valence-corrected chi connectivity index (χ4v) is 3.33. The summed E-state index contributed by atoms with van der Waals surface area (Å²) < 4.78 is 5.88. The highest BCUT2D eigenvalue weighted by Crippen LogP contribution is 2.33. The van der Waals surface area contributed by atoms with Gasteiger partial charge in [0.1, 0.15) is 5.75 Å². The molecule has 0 aliphatic heterocycles. The van der Waals surface area contributed by atoms with E-state index < -0.39 is 0 Å². The SMILES string of the molecule is O=C(CC1CCCCC1)Nc1cc(Cl)ccc1Oc1ccccc1. The van der Waals surface area contributed by atoms with Crippen molar-refractivity contribution in [1.82, 2.24) is 0 Å². The highest BCUT2D eigenvalue weighted by molar-refractivity contribution is 6.31. The van der Waals surface area contributed by atoms with Gasteiger partial charge < -0.3 is 10.1 Å². The van der Waals surface area contributed by atoms with Gasteiger partial charge in [-0.1, -0.05) is 49.1 Å². The van der Waals surface area contributed by atoms with E-state index in [4.69, 9.17) is 16.3 Å². The van der Waals surface area contributed by atoms with Crippen molar-refractivity contribution in [2.24, 2.45) is 5.92 Å². The molecule has 0 radical (unpaired) electrons. The molecule has 1 aliphatic rings. The summed E-state index contributed by atoms with van der Waals surface area (Å²) in [6.07, 6.45) is 6.63. The molecule has 0 atom stereocenters. The molecule has 1 saturated carbocycles. The van der Waals surface area contributed by atoms with Crippen molar-refractivity contribution in [3.05, 3.63) is 53.6 Å². The Balaban J connectivity index is 1.69. The molecule has 126 valence electrons. The summed E-state index contributed by atoms with van der Waals surface area (Å²) >= 11 is 6.09. The monoisotopic (exact) mass is 343 g/mol. The molecule has 1 fully saturated rings. The van der Waals surface area contributed by atoms with Crippen molar-refractivity contribution in [1.29, 1.82) is 0 Å². The Bertz CT molecular complexity index is 681. The first-order valence-electron chi connectivity index (χ1n) is 8.53. The van der Waals surface area contributed by atoms with Crippen molar-refractivity contribution >= 4 is 23.2 Å². The summed E-state index contributed by atoms with van der Waals surface area (Å²) in [6, 6.07) is 14.8. The third-order valence-electron chi connectivity index (χ3n) is 4.39. The zero-order valence-electron chi connectivity index (χ0n) is 13.6.